The summed E-state index contributed by atoms with van der Waals surface area (Å²) in [5.41, 5.74) is 2.37. The lowest BCUT2D eigenvalue weighted by atomic mass is 10.2. The highest BCUT2D eigenvalue weighted by molar-refractivity contribution is 5.18. The minimum Gasteiger partial charge on any atom is -0.384 e. The fourth-order valence-electron chi connectivity index (χ4n) is 1.72. The maximum Gasteiger partial charge on any atom is 0.0543 e. The second-order valence-corrected chi connectivity index (χ2v) is 3.99. The first kappa shape index (κ1) is 10.9. The molecule has 0 aliphatic carbocycles. The summed E-state index contributed by atoms with van der Waals surface area (Å²) in [4.78, 5) is 6.57. The predicted molar refractivity (Wildman–Crippen MR) is 65.8 cm³/mol. The van der Waals surface area contributed by atoms with E-state index in [2.05, 4.69) is 46.5 Å². The van der Waals surface area contributed by atoms with E-state index in [0.717, 1.165) is 25.3 Å². The summed E-state index contributed by atoms with van der Waals surface area (Å²) in [7, 11) is 2.11. The average molecular weight is 215 g/mol. The zero-order chi connectivity index (χ0) is 11.2. The summed E-state index contributed by atoms with van der Waals surface area (Å²) in [6.45, 7) is 2.74. The van der Waals surface area contributed by atoms with Crippen LogP contribution in [0.1, 0.15) is 5.69 Å². The Bertz CT molecular complexity index is 381. The molecule has 0 radical (unpaired) electrons. The number of likely N-dealkylation sites (N-methyl/N-ethyl adjacent to an activating group) is 1. The molecule has 1 N–H and O–H groups in total. The second kappa shape index (κ2) is 5.47. The lowest BCUT2D eigenvalue weighted by Crippen LogP contribution is -2.28. The number of pyridine rings is 1. The Hall–Kier alpha value is -1.61. The Morgan fingerprint density at radius 1 is 1.38 bits per heavy atom. The fraction of sp³-hybridized carbons (Fsp3) is 0.308. The van der Waals surface area contributed by atoms with Gasteiger partial charge >= 0.3 is 0 Å². The average Bonchev–Trinajstić information content (AvgIpc) is 2.31. The summed E-state index contributed by atoms with van der Waals surface area (Å²) in [5.74, 6) is 0. The van der Waals surface area contributed by atoms with Crippen LogP contribution in [0.2, 0.25) is 0 Å². The predicted octanol–water partition coefficient (Wildman–Crippen LogP) is 1.56. The first-order valence-corrected chi connectivity index (χ1v) is 5.52. The molecule has 2 heterocycles. The van der Waals surface area contributed by atoms with Crippen LogP contribution < -0.4 is 5.32 Å². The topological polar surface area (TPSA) is 28.2 Å². The van der Waals surface area contributed by atoms with Gasteiger partial charge in [0.05, 0.1) is 5.69 Å². The Balaban J connectivity index is 1.87. The summed E-state index contributed by atoms with van der Waals surface area (Å²) in [6.07, 6.45) is 8.17. The van der Waals surface area contributed by atoms with E-state index in [-0.39, 0.29) is 0 Å². The monoisotopic (exact) mass is 215 g/mol. The quantitative estimate of drug-likeness (QED) is 0.826. The Kier molecular flexibility index (Phi) is 3.72. The summed E-state index contributed by atoms with van der Waals surface area (Å²) < 4.78 is 0. The molecular formula is C13H17N3. The number of nitrogens with zero attached hydrogens (tertiary/aromatic N) is 2. The third kappa shape index (κ3) is 3.21. The molecule has 3 heteroatoms. The number of hydrogen-bond acceptors (Lipinski definition) is 3. The second-order valence-electron chi connectivity index (χ2n) is 3.99. The number of rotatable bonds is 4. The molecule has 0 saturated heterocycles. The van der Waals surface area contributed by atoms with E-state index in [0.29, 0.717) is 0 Å². The molecule has 1 aromatic rings. The molecule has 16 heavy (non-hydrogen) atoms. The molecule has 0 spiro atoms. The molecule has 0 fully saturated rings. The van der Waals surface area contributed by atoms with Gasteiger partial charge in [0.1, 0.15) is 0 Å². The number of aromatic nitrogens is 1. The molecule has 0 saturated carbocycles. The van der Waals surface area contributed by atoms with Crippen molar-refractivity contribution in [1.82, 2.24) is 15.2 Å². The van der Waals surface area contributed by atoms with Crippen molar-refractivity contribution in [2.24, 2.45) is 0 Å². The largest absolute Gasteiger partial charge is 0.384 e. The maximum atomic E-state index is 4.32. The molecule has 0 amide bonds. The molecule has 1 aliphatic rings. The van der Waals surface area contributed by atoms with E-state index in [1.165, 1.54) is 5.70 Å². The van der Waals surface area contributed by atoms with E-state index in [1.54, 1.807) is 0 Å². The van der Waals surface area contributed by atoms with E-state index in [9.17, 15) is 0 Å². The lowest BCUT2D eigenvalue weighted by molar-refractivity contribution is 0.343. The van der Waals surface area contributed by atoms with Crippen LogP contribution in [-0.2, 0) is 6.54 Å². The Labute approximate surface area is 96.5 Å². The number of dihydropyridines is 1. The van der Waals surface area contributed by atoms with Crippen molar-refractivity contribution >= 4 is 0 Å². The highest BCUT2D eigenvalue weighted by atomic mass is 15.1. The van der Waals surface area contributed by atoms with Crippen LogP contribution in [-0.4, -0.2) is 30.0 Å². The van der Waals surface area contributed by atoms with E-state index in [4.69, 9.17) is 0 Å². The molecule has 0 unspecified atom stereocenters. The first-order chi connectivity index (χ1) is 7.84. The Morgan fingerprint density at radius 2 is 2.31 bits per heavy atom. The van der Waals surface area contributed by atoms with Gasteiger partial charge in [-0.2, -0.15) is 0 Å². The maximum absolute atomic E-state index is 4.32. The van der Waals surface area contributed by atoms with Crippen molar-refractivity contribution < 1.29 is 0 Å². The van der Waals surface area contributed by atoms with E-state index < -0.39 is 0 Å². The third-order valence-electron chi connectivity index (χ3n) is 2.48. The van der Waals surface area contributed by atoms with Crippen molar-refractivity contribution in [3.8, 4) is 0 Å². The van der Waals surface area contributed by atoms with Gasteiger partial charge in [0.2, 0.25) is 0 Å². The minimum absolute atomic E-state index is 0.879. The van der Waals surface area contributed by atoms with Crippen molar-refractivity contribution in [3.63, 3.8) is 0 Å². The normalized spacial score (nSPS) is 14.8. The number of allylic oxidation sites excluding steroid dienone is 2. The van der Waals surface area contributed by atoms with Gasteiger partial charge in [-0.1, -0.05) is 18.2 Å². The number of nitrogens with one attached hydrogen (secondary N) is 1. The minimum atomic E-state index is 0.879. The third-order valence-corrected chi connectivity index (χ3v) is 2.48. The van der Waals surface area contributed by atoms with Crippen molar-refractivity contribution in [1.29, 1.82) is 0 Å². The van der Waals surface area contributed by atoms with Crippen LogP contribution in [0, 0.1) is 0 Å². The highest BCUT2D eigenvalue weighted by Gasteiger charge is 2.04. The lowest BCUT2D eigenvalue weighted by Gasteiger charge is -2.20. The van der Waals surface area contributed by atoms with Crippen LogP contribution in [0.15, 0.2) is 48.3 Å². The Morgan fingerprint density at radius 3 is 3.00 bits per heavy atom. The SMILES string of the molecule is CN(CC1=CC=CCN1)Cc1ccccn1. The summed E-state index contributed by atoms with van der Waals surface area (Å²) in [6, 6.07) is 6.02. The van der Waals surface area contributed by atoms with Crippen LogP contribution in [0.4, 0.5) is 0 Å². The number of hydrogen-bond donors (Lipinski definition) is 1. The molecule has 84 valence electrons. The fourth-order valence-corrected chi connectivity index (χ4v) is 1.72. The van der Waals surface area contributed by atoms with Gasteiger partial charge in [-0.05, 0) is 25.3 Å². The van der Waals surface area contributed by atoms with Gasteiger partial charge in [0.15, 0.2) is 0 Å². The molecule has 1 aliphatic heterocycles. The van der Waals surface area contributed by atoms with E-state index >= 15 is 0 Å². The molecule has 1 aromatic heterocycles. The van der Waals surface area contributed by atoms with Crippen molar-refractivity contribution in [2.45, 2.75) is 6.54 Å². The van der Waals surface area contributed by atoms with Gasteiger partial charge in [-0.15, -0.1) is 0 Å². The van der Waals surface area contributed by atoms with E-state index in [1.807, 2.05) is 18.3 Å². The van der Waals surface area contributed by atoms with Crippen LogP contribution in [0.5, 0.6) is 0 Å². The van der Waals surface area contributed by atoms with Crippen LogP contribution in [0.3, 0.4) is 0 Å². The van der Waals surface area contributed by atoms with Crippen molar-refractivity contribution in [2.75, 3.05) is 20.1 Å². The van der Waals surface area contributed by atoms with Gasteiger partial charge in [-0.3, -0.25) is 9.88 Å². The standard InChI is InChI=1S/C13H17N3/c1-16(10-12-6-2-4-8-14-12)11-13-7-3-5-9-15-13/h2-8,15H,9-11H2,1H3. The van der Waals surface area contributed by atoms with Gasteiger partial charge < -0.3 is 5.32 Å². The smallest absolute Gasteiger partial charge is 0.0543 e. The molecular weight excluding hydrogens is 198 g/mol. The molecule has 0 bridgehead atoms. The zero-order valence-electron chi connectivity index (χ0n) is 9.56. The van der Waals surface area contributed by atoms with Gasteiger partial charge in [-0.25, -0.2) is 0 Å². The molecule has 3 nitrogen and oxygen atoms in total. The molecule has 0 aromatic carbocycles. The summed E-state index contributed by atoms with van der Waals surface area (Å²) in [5, 5.41) is 3.35. The van der Waals surface area contributed by atoms with Crippen LogP contribution in [0.25, 0.3) is 0 Å². The van der Waals surface area contributed by atoms with Crippen LogP contribution >= 0.6 is 0 Å². The van der Waals surface area contributed by atoms with Crippen molar-refractivity contribution in [3.05, 3.63) is 54.0 Å². The first-order valence-electron chi connectivity index (χ1n) is 5.52. The molecule has 0 atom stereocenters. The molecule has 2 rings (SSSR count). The van der Waals surface area contributed by atoms with Gasteiger partial charge in [0.25, 0.3) is 0 Å². The zero-order valence-corrected chi connectivity index (χ0v) is 9.56. The highest BCUT2D eigenvalue weighted by Crippen LogP contribution is 2.03. The van der Waals surface area contributed by atoms with Gasteiger partial charge in [0, 0.05) is 31.5 Å². The summed E-state index contributed by atoms with van der Waals surface area (Å²) >= 11 is 0.